The van der Waals surface area contributed by atoms with Crippen LogP contribution in [0.5, 0.6) is 0 Å². The summed E-state index contributed by atoms with van der Waals surface area (Å²) in [5.74, 6) is 0. The third kappa shape index (κ3) is 2.48. The molecular formula is C14H21ClN2O. The first kappa shape index (κ1) is 13.7. The number of aliphatic hydroxyl groups excluding tert-OH is 1. The van der Waals surface area contributed by atoms with E-state index in [1.165, 1.54) is 5.56 Å². The SMILES string of the molecule is Cc1ccc(Cl)cc1N1C(CO)CNCC1(C)C. The number of piperazine rings is 1. The lowest BCUT2D eigenvalue weighted by atomic mass is 9.94. The van der Waals surface area contributed by atoms with E-state index in [2.05, 4.69) is 31.0 Å². The number of nitrogens with one attached hydrogen (secondary N) is 1. The maximum absolute atomic E-state index is 9.60. The van der Waals surface area contributed by atoms with Gasteiger partial charge >= 0.3 is 0 Å². The minimum Gasteiger partial charge on any atom is -0.394 e. The highest BCUT2D eigenvalue weighted by atomic mass is 35.5. The average molecular weight is 269 g/mol. The number of aryl methyl sites for hydroxylation is 1. The van der Waals surface area contributed by atoms with Crippen molar-refractivity contribution in [3.05, 3.63) is 28.8 Å². The summed E-state index contributed by atoms with van der Waals surface area (Å²) in [7, 11) is 0. The lowest BCUT2D eigenvalue weighted by Gasteiger charge is -2.49. The first-order valence-corrected chi connectivity index (χ1v) is 6.70. The molecule has 100 valence electrons. The van der Waals surface area contributed by atoms with Gasteiger partial charge in [-0.25, -0.2) is 0 Å². The molecule has 0 saturated carbocycles. The largest absolute Gasteiger partial charge is 0.394 e. The van der Waals surface area contributed by atoms with Crippen LogP contribution in [0, 0.1) is 6.92 Å². The summed E-state index contributed by atoms with van der Waals surface area (Å²) in [6.07, 6.45) is 0. The van der Waals surface area contributed by atoms with E-state index in [0.29, 0.717) is 0 Å². The van der Waals surface area contributed by atoms with Gasteiger partial charge < -0.3 is 15.3 Å². The summed E-state index contributed by atoms with van der Waals surface area (Å²) in [6, 6.07) is 6.02. The van der Waals surface area contributed by atoms with Gasteiger partial charge in [-0.3, -0.25) is 0 Å². The number of aliphatic hydroxyl groups is 1. The molecule has 18 heavy (non-hydrogen) atoms. The number of anilines is 1. The van der Waals surface area contributed by atoms with Crippen LogP contribution in [-0.2, 0) is 0 Å². The Morgan fingerprint density at radius 3 is 2.89 bits per heavy atom. The Morgan fingerprint density at radius 2 is 2.22 bits per heavy atom. The van der Waals surface area contributed by atoms with Crippen molar-refractivity contribution in [2.24, 2.45) is 0 Å². The van der Waals surface area contributed by atoms with Crippen molar-refractivity contribution in [1.82, 2.24) is 5.32 Å². The zero-order valence-electron chi connectivity index (χ0n) is 11.2. The van der Waals surface area contributed by atoms with E-state index in [1.54, 1.807) is 0 Å². The third-order valence-corrected chi connectivity index (χ3v) is 3.83. The Bertz CT molecular complexity index is 434. The molecule has 2 N–H and O–H groups in total. The molecule has 1 heterocycles. The van der Waals surface area contributed by atoms with E-state index in [-0.39, 0.29) is 18.2 Å². The summed E-state index contributed by atoms with van der Waals surface area (Å²) in [5, 5.41) is 13.7. The average Bonchev–Trinajstić information content (AvgIpc) is 2.31. The summed E-state index contributed by atoms with van der Waals surface area (Å²) in [5.41, 5.74) is 2.27. The van der Waals surface area contributed by atoms with Gasteiger partial charge in [0.25, 0.3) is 0 Å². The molecular weight excluding hydrogens is 248 g/mol. The van der Waals surface area contributed by atoms with E-state index < -0.39 is 0 Å². The van der Waals surface area contributed by atoms with Crippen molar-refractivity contribution in [2.45, 2.75) is 32.4 Å². The molecule has 1 saturated heterocycles. The molecule has 3 nitrogen and oxygen atoms in total. The first-order valence-electron chi connectivity index (χ1n) is 6.33. The molecule has 1 aliphatic rings. The molecule has 1 atom stereocenters. The second-order valence-corrected chi connectivity index (χ2v) is 6.02. The molecule has 0 spiro atoms. The molecule has 1 aliphatic heterocycles. The van der Waals surface area contributed by atoms with Crippen LogP contribution in [0.2, 0.25) is 5.02 Å². The molecule has 1 fully saturated rings. The van der Waals surface area contributed by atoms with Gasteiger partial charge in [0, 0.05) is 29.3 Å². The van der Waals surface area contributed by atoms with Crippen LogP contribution in [0.4, 0.5) is 5.69 Å². The predicted octanol–water partition coefficient (Wildman–Crippen LogP) is 2.20. The smallest absolute Gasteiger partial charge is 0.0651 e. The molecule has 0 aliphatic carbocycles. The van der Waals surface area contributed by atoms with Crippen molar-refractivity contribution in [2.75, 3.05) is 24.6 Å². The van der Waals surface area contributed by atoms with Crippen LogP contribution in [-0.4, -0.2) is 36.4 Å². The van der Waals surface area contributed by atoms with E-state index in [4.69, 9.17) is 11.6 Å². The summed E-state index contributed by atoms with van der Waals surface area (Å²) < 4.78 is 0. The van der Waals surface area contributed by atoms with Gasteiger partial charge in [0.15, 0.2) is 0 Å². The Balaban J connectivity index is 2.46. The van der Waals surface area contributed by atoms with Crippen LogP contribution in [0.3, 0.4) is 0 Å². The van der Waals surface area contributed by atoms with Crippen LogP contribution in [0.1, 0.15) is 19.4 Å². The van der Waals surface area contributed by atoms with Crippen LogP contribution in [0.15, 0.2) is 18.2 Å². The van der Waals surface area contributed by atoms with Gasteiger partial charge in [-0.2, -0.15) is 0 Å². The van der Waals surface area contributed by atoms with Crippen LogP contribution in [0.25, 0.3) is 0 Å². The molecule has 0 radical (unpaired) electrons. The zero-order valence-corrected chi connectivity index (χ0v) is 12.0. The van der Waals surface area contributed by atoms with Crippen molar-refractivity contribution in [3.8, 4) is 0 Å². The van der Waals surface area contributed by atoms with E-state index >= 15 is 0 Å². The van der Waals surface area contributed by atoms with Crippen molar-refractivity contribution < 1.29 is 5.11 Å². The molecule has 1 aromatic rings. The molecule has 1 aromatic carbocycles. The molecule has 4 heteroatoms. The highest BCUT2D eigenvalue weighted by molar-refractivity contribution is 6.30. The zero-order chi connectivity index (χ0) is 13.3. The normalized spacial score (nSPS) is 23.2. The van der Waals surface area contributed by atoms with E-state index in [9.17, 15) is 5.11 Å². The lowest BCUT2D eigenvalue weighted by Crippen LogP contribution is -2.64. The molecule has 2 rings (SSSR count). The lowest BCUT2D eigenvalue weighted by molar-refractivity contribution is 0.212. The van der Waals surface area contributed by atoms with E-state index in [0.717, 1.165) is 23.8 Å². The molecule has 0 amide bonds. The fraction of sp³-hybridized carbons (Fsp3) is 0.571. The Kier molecular flexibility index (Phi) is 3.85. The summed E-state index contributed by atoms with van der Waals surface area (Å²) in [6.45, 7) is 8.28. The first-order chi connectivity index (χ1) is 8.45. The maximum Gasteiger partial charge on any atom is 0.0651 e. The van der Waals surface area contributed by atoms with Crippen LogP contribution < -0.4 is 10.2 Å². The Hall–Kier alpha value is -0.770. The van der Waals surface area contributed by atoms with E-state index in [1.807, 2.05) is 18.2 Å². The summed E-state index contributed by atoms with van der Waals surface area (Å²) in [4.78, 5) is 2.30. The minimum absolute atomic E-state index is 0.0406. The molecule has 0 aromatic heterocycles. The van der Waals surface area contributed by atoms with Crippen molar-refractivity contribution >= 4 is 17.3 Å². The molecule has 0 bridgehead atoms. The van der Waals surface area contributed by atoms with Gasteiger partial charge in [-0.15, -0.1) is 0 Å². The number of benzene rings is 1. The molecule has 1 unspecified atom stereocenters. The maximum atomic E-state index is 9.60. The topological polar surface area (TPSA) is 35.5 Å². The number of rotatable bonds is 2. The standard InChI is InChI=1S/C14H21ClN2O/c1-10-4-5-11(15)6-13(10)17-12(8-18)7-16-9-14(17,2)3/h4-6,12,16,18H,7-9H2,1-3H3. The van der Waals surface area contributed by atoms with Gasteiger partial charge in [-0.1, -0.05) is 17.7 Å². The highest BCUT2D eigenvalue weighted by Gasteiger charge is 2.36. The minimum atomic E-state index is -0.0406. The number of hydrogen-bond acceptors (Lipinski definition) is 3. The second kappa shape index (κ2) is 5.08. The number of halogens is 1. The van der Waals surface area contributed by atoms with Gasteiger partial charge in [0.05, 0.1) is 12.6 Å². The second-order valence-electron chi connectivity index (χ2n) is 5.58. The van der Waals surface area contributed by atoms with Gasteiger partial charge in [-0.05, 0) is 38.5 Å². The number of nitrogens with zero attached hydrogens (tertiary/aromatic N) is 1. The fourth-order valence-corrected chi connectivity index (χ4v) is 2.89. The third-order valence-electron chi connectivity index (χ3n) is 3.60. The van der Waals surface area contributed by atoms with Gasteiger partial charge in [0.1, 0.15) is 0 Å². The van der Waals surface area contributed by atoms with Crippen LogP contribution >= 0.6 is 11.6 Å². The monoisotopic (exact) mass is 268 g/mol. The summed E-state index contributed by atoms with van der Waals surface area (Å²) >= 11 is 6.12. The Morgan fingerprint density at radius 1 is 1.50 bits per heavy atom. The quantitative estimate of drug-likeness (QED) is 0.863. The van der Waals surface area contributed by atoms with Crippen molar-refractivity contribution in [3.63, 3.8) is 0 Å². The van der Waals surface area contributed by atoms with Crippen molar-refractivity contribution in [1.29, 1.82) is 0 Å². The highest BCUT2D eigenvalue weighted by Crippen LogP contribution is 2.33. The van der Waals surface area contributed by atoms with Gasteiger partial charge in [0.2, 0.25) is 0 Å². The fourth-order valence-electron chi connectivity index (χ4n) is 2.73. The predicted molar refractivity (Wildman–Crippen MR) is 76.5 cm³/mol. The Labute approximate surface area is 114 Å². The number of hydrogen-bond donors (Lipinski definition) is 2.